The number of aliphatic hydroxyl groups excluding tert-OH is 3. The number of hydrogen-bond donors (Lipinski definition) is 3. The lowest BCUT2D eigenvalue weighted by Gasteiger charge is -2.04. The minimum absolute atomic E-state index is 0.135. The Kier molecular flexibility index (Phi) is 4.98. The van der Waals surface area contributed by atoms with Crippen molar-refractivity contribution in [1.29, 1.82) is 0 Å². The highest BCUT2D eigenvalue weighted by Gasteiger charge is 2.05. The first-order valence-electron chi connectivity index (χ1n) is 3.40. The number of hydrogen-bond acceptors (Lipinski definition) is 3. The van der Waals surface area contributed by atoms with Crippen LogP contribution < -0.4 is 0 Å². The van der Waals surface area contributed by atoms with Gasteiger partial charge in [-0.25, -0.2) is 0 Å². The number of rotatable bonds is 4. The average molecular weight is 146 g/mol. The van der Waals surface area contributed by atoms with Crippen molar-refractivity contribution < 1.29 is 15.3 Å². The summed E-state index contributed by atoms with van der Waals surface area (Å²) < 4.78 is 0. The van der Waals surface area contributed by atoms with Gasteiger partial charge in [-0.3, -0.25) is 0 Å². The van der Waals surface area contributed by atoms with Crippen molar-refractivity contribution >= 4 is 0 Å². The molecule has 1 atom stereocenters. The van der Waals surface area contributed by atoms with E-state index in [0.717, 1.165) is 12.8 Å². The molecule has 0 fully saturated rings. The molecule has 0 rings (SSSR count). The van der Waals surface area contributed by atoms with Gasteiger partial charge in [0.15, 0.2) is 0 Å². The maximum atomic E-state index is 8.90. The number of unbranched alkanes of at least 4 members (excludes halogenated alkanes) is 1. The average Bonchev–Trinajstić information content (AvgIpc) is 1.98. The van der Waals surface area contributed by atoms with Gasteiger partial charge in [0.05, 0.1) is 6.61 Å². The number of allylic oxidation sites excluding steroid dienone is 1. The Morgan fingerprint density at radius 2 is 2.20 bits per heavy atom. The molecule has 0 saturated carbocycles. The molecule has 0 aliphatic carbocycles. The second-order valence-electron chi connectivity index (χ2n) is 2.12. The van der Waals surface area contributed by atoms with Crippen molar-refractivity contribution in [2.45, 2.75) is 25.9 Å². The Labute approximate surface area is 60.6 Å². The summed E-state index contributed by atoms with van der Waals surface area (Å²) in [5.41, 5.74) is 0. The highest BCUT2D eigenvalue weighted by molar-refractivity contribution is 4.96. The van der Waals surface area contributed by atoms with Crippen LogP contribution in [0.3, 0.4) is 0 Å². The fourth-order valence-electron chi connectivity index (χ4n) is 0.522. The molecule has 0 aliphatic heterocycles. The van der Waals surface area contributed by atoms with Gasteiger partial charge in [-0.05, 0) is 12.5 Å². The van der Waals surface area contributed by atoms with Crippen LogP contribution >= 0.6 is 0 Å². The van der Waals surface area contributed by atoms with Gasteiger partial charge in [-0.15, -0.1) is 0 Å². The SMILES string of the molecule is CCC/C=C(\O)C(O)CO. The Morgan fingerprint density at radius 1 is 1.60 bits per heavy atom. The third kappa shape index (κ3) is 3.48. The van der Waals surface area contributed by atoms with Crippen LogP contribution in [0.5, 0.6) is 0 Å². The van der Waals surface area contributed by atoms with Gasteiger partial charge in [0.2, 0.25) is 0 Å². The van der Waals surface area contributed by atoms with E-state index in [9.17, 15) is 0 Å². The van der Waals surface area contributed by atoms with Gasteiger partial charge in [-0.1, -0.05) is 13.3 Å². The molecule has 0 aromatic carbocycles. The molecule has 10 heavy (non-hydrogen) atoms. The summed E-state index contributed by atoms with van der Waals surface area (Å²) in [5, 5.41) is 26.0. The van der Waals surface area contributed by atoms with Crippen LogP contribution in [-0.4, -0.2) is 28.0 Å². The van der Waals surface area contributed by atoms with E-state index in [2.05, 4.69) is 0 Å². The third-order valence-electron chi connectivity index (χ3n) is 1.16. The van der Waals surface area contributed by atoms with Gasteiger partial charge in [-0.2, -0.15) is 0 Å². The summed E-state index contributed by atoms with van der Waals surface area (Å²) in [6, 6.07) is 0. The second-order valence-corrected chi connectivity index (χ2v) is 2.12. The fraction of sp³-hybridized carbons (Fsp3) is 0.714. The molecule has 0 spiro atoms. The zero-order valence-electron chi connectivity index (χ0n) is 6.12. The van der Waals surface area contributed by atoms with Crippen LogP contribution in [-0.2, 0) is 0 Å². The first kappa shape index (κ1) is 9.46. The normalized spacial score (nSPS) is 15.3. The summed E-state index contributed by atoms with van der Waals surface area (Å²) in [6.45, 7) is 1.54. The first-order chi connectivity index (χ1) is 4.72. The van der Waals surface area contributed by atoms with Crippen LogP contribution in [0.4, 0.5) is 0 Å². The van der Waals surface area contributed by atoms with Crippen molar-refractivity contribution in [2.75, 3.05) is 6.61 Å². The summed E-state index contributed by atoms with van der Waals surface area (Å²) >= 11 is 0. The van der Waals surface area contributed by atoms with E-state index in [1.807, 2.05) is 6.92 Å². The van der Waals surface area contributed by atoms with Crippen molar-refractivity contribution in [3.63, 3.8) is 0 Å². The summed E-state index contributed by atoms with van der Waals surface area (Å²) in [5.74, 6) is -0.135. The third-order valence-corrected chi connectivity index (χ3v) is 1.16. The van der Waals surface area contributed by atoms with E-state index in [1.165, 1.54) is 6.08 Å². The van der Waals surface area contributed by atoms with E-state index in [1.54, 1.807) is 0 Å². The molecule has 0 bridgehead atoms. The van der Waals surface area contributed by atoms with Crippen molar-refractivity contribution in [3.05, 3.63) is 11.8 Å². The van der Waals surface area contributed by atoms with Crippen LogP contribution in [0.25, 0.3) is 0 Å². The monoisotopic (exact) mass is 146 g/mol. The standard InChI is InChI=1S/C7H14O3/c1-2-3-4-6(9)7(10)5-8/h4,7-10H,2-3,5H2,1H3/b6-4-. The van der Waals surface area contributed by atoms with E-state index in [-0.39, 0.29) is 5.76 Å². The molecule has 0 aromatic heterocycles. The highest BCUT2D eigenvalue weighted by Crippen LogP contribution is 1.99. The lowest BCUT2D eigenvalue weighted by molar-refractivity contribution is 0.0866. The maximum Gasteiger partial charge on any atom is 0.133 e. The zero-order chi connectivity index (χ0) is 7.98. The smallest absolute Gasteiger partial charge is 0.133 e. The second kappa shape index (κ2) is 5.26. The van der Waals surface area contributed by atoms with Crippen molar-refractivity contribution in [1.82, 2.24) is 0 Å². The molecule has 0 saturated heterocycles. The molecule has 3 N–H and O–H groups in total. The molecule has 0 aromatic rings. The largest absolute Gasteiger partial charge is 0.510 e. The van der Waals surface area contributed by atoms with Crippen LogP contribution in [0, 0.1) is 0 Å². The predicted molar refractivity (Wildman–Crippen MR) is 38.7 cm³/mol. The minimum Gasteiger partial charge on any atom is -0.510 e. The quantitative estimate of drug-likeness (QED) is 0.508. The lowest BCUT2D eigenvalue weighted by Crippen LogP contribution is -2.14. The Hall–Kier alpha value is -0.540. The fourth-order valence-corrected chi connectivity index (χ4v) is 0.522. The topological polar surface area (TPSA) is 60.7 Å². The van der Waals surface area contributed by atoms with E-state index in [0.29, 0.717) is 0 Å². The summed E-state index contributed by atoms with van der Waals surface area (Å²) in [7, 11) is 0. The molecular formula is C7H14O3. The Bertz CT molecular complexity index is 109. The van der Waals surface area contributed by atoms with Crippen LogP contribution in [0.15, 0.2) is 11.8 Å². The highest BCUT2D eigenvalue weighted by atomic mass is 16.3. The molecule has 0 aliphatic rings. The van der Waals surface area contributed by atoms with E-state index >= 15 is 0 Å². The van der Waals surface area contributed by atoms with E-state index < -0.39 is 12.7 Å². The van der Waals surface area contributed by atoms with Gasteiger partial charge < -0.3 is 15.3 Å². The molecule has 0 amide bonds. The molecule has 3 heteroatoms. The number of aliphatic hydroxyl groups is 3. The molecule has 0 heterocycles. The molecule has 60 valence electrons. The van der Waals surface area contributed by atoms with E-state index in [4.69, 9.17) is 15.3 Å². The first-order valence-corrected chi connectivity index (χ1v) is 3.40. The molecule has 1 unspecified atom stereocenters. The summed E-state index contributed by atoms with van der Waals surface area (Å²) in [4.78, 5) is 0. The Morgan fingerprint density at radius 3 is 2.60 bits per heavy atom. The molecular weight excluding hydrogens is 132 g/mol. The zero-order valence-corrected chi connectivity index (χ0v) is 6.12. The van der Waals surface area contributed by atoms with Gasteiger partial charge in [0.1, 0.15) is 11.9 Å². The summed E-state index contributed by atoms with van der Waals surface area (Å²) in [6.07, 6.45) is 2.05. The van der Waals surface area contributed by atoms with Crippen LogP contribution in [0.2, 0.25) is 0 Å². The van der Waals surface area contributed by atoms with Gasteiger partial charge in [0, 0.05) is 0 Å². The van der Waals surface area contributed by atoms with Gasteiger partial charge in [0.25, 0.3) is 0 Å². The molecule has 0 radical (unpaired) electrons. The Balaban J connectivity index is 3.67. The minimum atomic E-state index is -1.11. The lowest BCUT2D eigenvalue weighted by atomic mass is 10.2. The maximum absolute atomic E-state index is 8.90. The van der Waals surface area contributed by atoms with Crippen LogP contribution in [0.1, 0.15) is 19.8 Å². The predicted octanol–water partition coefficient (Wildman–Crippen LogP) is 0.582. The van der Waals surface area contributed by atoms with Crippen molar-refractivity contribution in [2.24, 2.45) is 0 Å². The van der Waals surface area contributed by atoms with Crippen molar-refractivity contribution in [3.8, 4) is 0 Å². The van der Waals surface area contributed by atoms with Gasteiger partial charge >= 0.3 is 0 Å². The molecule has 3 nitrogen and oxygen atoms in total.